The number of furan rings is 1. The fraction of sp³-hybridized carbons (Fsp3) is 0.348. The molecule has 0 saturated carbocycles. The fourth-order valence-electron chi connectivity index (χ4n) is 3.74. The molecule has 1 N–H and O–H groups in total. The van der Waals surface area contributed by atoms with Crippen molar-refractivity contribution in [2.45, 2.75) is 25.7 Å². The van der Waals surface area contributed by atoms with Crippen LogP contribution in [0.1, 0.15) is 24.8 Å². The molecule has 3 heterocycles. The first-order valence-corrected chi connectivity index (χ1v) is 10.2. The summed E-state index contributed by atoms with van der Waals surface area (Å²) in [6.07, 6.45) is 5.45. The van der Waals surface area contributed by atoms with Gasteiger partial charge in [0.2, 0.25) is 5.91 Å². The molecule has 1 atom stereocenters. The maximum absolute atomic E-state index is 12.6. The molecule has 4 rings (SSSR count). The topological polar surface area (TPSA) is 71.3 Å². The van der Waals surface area contributed by atoms with E-state index in [4.69, 9.17) is 4.42 Å². The Morgan fingerprint density at radius 2 is 2.00 bits per heavy atom. The first kappa shape index (κ1) is 19.2. The minimum Gasteiger partial charge on any atom is -0.463 e. The Hall–Kier alpha value is -3.15. The number of nitrogens with zero attached hydrogens (tertiary/aromatic N) is 3. The maximum Gasteiger partial charge on any atom is 0.224 e. The third-order valence-electron chi connectivity index (χ3n) is 5.32. The van der Waals surface area contributed by atoms with Crippen LogP contribution in [-0.4, -0.2) is 35.7 Å². The number of hydrogen-bond acceptors (Lipinski definition) is 5. The van der Waals surface area contributed by atoms with Crippen LogP contribution < -0.4 is 10.2 Å². The number of nitrogens with one attached hydrogen (secondary N) is 1. The SMILES string of the molecule is O=C(NCCCc1ccccc1)C1CCCN(c2ccc(-c3ccco3)nn2)C1. The first-order valence-electron chi connectivity index (χ1n) is 10.2. The summed E-state index contributed by atoms with van der Waals surface area (Å²) in [6.45, 7) is 2.29. The normalized spacial score (nSPS) is 16.6. The van der Waals surface area contributed by atoms with E-state index in [0.717, 1.165) is 38.0 Å². The second kappa shape index (κ2) is 9.37. The summed E-state index contributed by atoms with van der Waals surface area (Å²) < 4.78 is 5.36. The highest BCUT2D eigenvalue weighted by Crippen LogP contribution is 2.23. The van der Waals surface area contributed by atoms with Crippen LogP contribution in [0.25, 0.3) is 11.5 Å². The van der Waals surface area contributed by atoms with Crippen LogP contribution in [0.4, 0.5) is 5.82 Å². The zero-order valence-corrected chi connectivity index (χ0v) is 16.5. The summed E-state index contributed by atoms with van der Waals surface area (Å²) >= 11 is 0. The highest BCUT2D eigenvalue weighted by atomic mass is 16.3. The predicted molar refractivity (Wildman–Crippen MR) is 112 cm³/mol. The first-order chi connectivity index (χ1) is 14.3. The van der Waals surface area contributed by atoms with Gasteiger partial charge in [0.05, 0.1) is 12.2 Å². The van der Waals surface area contributed by atoms with Crippen LogP contribution in [0.2, 0.25) is 0 Å². The van der Waals surface area contributed by atoms with Gasteiger partial charge in [-0.25, -0.2) is 0 Å². The molecule has 1 saturated heterocycles. The van der Waals surface area contributed by atoms with Crippen molar-refractivity contribution in [3.63, 3.8) is 0 Å². The molecule has 0 aliphatic carbocycles. The van der Waals surface area contributed by atoms with Gasteiger partial charge >= 0.3 is 0 Å². The standard InChI is InChI=1S/C23H26N4O2/c28-23(24-14-4-9-18-7-2-1-3-8-18)19-10-5-15-27(17-19)22-13-12-20(25-26-22)21-11-6-16-29-21/h1-3,6-8,11-13,16,19H,4-5,9-10,14-15,17H2,(H,24,28). The molecule has 1 unspecified atom stereocenters. The van der Waals surface area contributed by atoms with E-state index in [1.165, 1.54) is 5.56 Å². The third kappa shape index (κ3) is 5.02. The molecule has 1 fully saturated rings. The smallest absolute Gasteiger partial charge is 0.224 e. The molecule has 0 spiro atoms. The lowest BCUT2D eigenvalue weighted by Gasteiger charge is -2.32. The van der Waals surface area contributed by atoms with Crippen LogP contribution in [0.5, 0.6) is 0 Å². The summed E-state index contributed by atoms with van der Waals surface area (Å²) in [7, 11) is 0. The quantitative estimate of drug-likeness (QED) is 0.623. The van der Waals surface area contributed by atoms with Gasteiger partial charge in [0.1, 0.15) is 5.69 Å². The molecule has 0 radical (unpaired) electrons. The van der Waals surface area contributed by atoms with Gasteiger partial charge in [-0.2, -0.15) is 0 Å². The van der Waals surface area contributed by atoms with Crippen molar-refractivity contribution < 1.29 is 9.21 Å². The van der Waals surface area contributed by atoms with Gasteiger partial charge in [-0.05, 0) is 55.5 Å². The Kier molecular flexibility index (Phi) is 6.19. The van der Waals surface area contributed by atoms with E-state index in [2.05, 4.69) is 44.7 Å². The van der Waals surface area contributed by atoms with E-state index < -0.39 is 0 Å². The van der Waals surface area contributed by atoms with Crippen molar-refractivity contribution in [3.8, 4) is 11.5 Å². The summed E-state index contributed by atoms with van der Waals surface area (Å²) in [4.78, 5) is 14.8. The lowest BCUT2D eigenvalue weighted by molar-refractivity contribution is -0.125. The molecule has 1 aromatic carbocycles. The minimum absolute atomic E-state index is 0.00738. The van der Waals surface area contributed by atoms with Gasteiger partial charge < -0.3 is 14.6 Å². The molecule has 29 heavy (non-hydrogen) atoms. The van der Waals surface area contributed by atoms with E-state index in [0.29, 0.717) is 24.5 Å². The minimum atomic E-state index is -0.00738. The molecule has 1 aliphatic heterocycles. The number of carbonyl (C=O) groups excluding carboxylic acids is 1. The van der Waals surface area contributed by atoms with E-state index in [1.54, 1.807) is 6.26 Å². The predicted octanol–water partition coefficient (Wildman–Crippen LogP) is 3.70. The molecular weight excluding hydrogens is 364 g/mol. The average Bonchev–Trinajstić information content (AvgIpc) is 3.32. The lowest BCUT2D eigenvalue weighted by Crippen LogP contribution is -2.43. The monoisotopic (exact) mass is 390 g/mol. The van der Waals surface area contributed by atoms with Crippen molar-refractivity contribution in [3.05, 3.63) is 66.4 Å². The van der Waals surface area contributed by atoms with Crippen LogP contribution in [0.15, 0.2) is 65.3 Å². The van der Waals surface area contributed by atoms with Crippen molar-refractivity contribution in [1.82, 2.24) is 15.5 Å². The van der Waals surface area contributed by atoms with Crippen molar-refractivity contribution in [1.29, 1.82) is 0 Å². The van der Waals surface area contributed by atoms with Crippen molar-refractivity contribution in [2.24, 2.45) is 5.92 Å². The zero-order valence-electron chi connectivity index (χ0n) is 16.5. The number of carbonyl (C=O) groups is 1. The largest absolute Gasteiger partial charge is 0.463 e. The lowest BCUT2D eigenvalue weighted by atomic mass is 9.97. The van der Waals surface area contributed by atoms with Crippen LogP contribution >= 0.6 is 0 Å². The maximum atomic E-state index is 12.6. The summed E-state index contributed by atoms with van der Waals surface area (Å²) in [5.74, 6) is 1.65. The summed E-state index contributed by atoms with van der Waals surface area (Å²) in [6, 6.07) is 17.9. The Morgan fingerprint density at radius 3 is 2.76 bits per heavy atom. The third-order valence-corrected chi connectivity index (χ3v) is 5.32. The average molecular weight is 390 g/mol. The summed E-state index contributed by atoms with van der Waals surface area (Å²) in [5, 5.41) is 11.7. The van der Waals surface area contributed by atoms with Gasteiger partial charge in [0.25, 0.3) is 0 Å². The Morgan fingerprint density at radius 1 is 1.10 bits per heavy atom. The molecule has 1 amide bonds. The fourth-order valence-corrected chi connectivity index (χ4v) is 3.74. The van der Waals surface area contributed by atoms with Gasteiger partial charge in [-0.3, -0.25) is 4.79 Å². The highest BCUT2D eigenvalue weighted by Gasteiger charge is 2.26. The number of amides is 1. The molecule has 6 nitrogen and oxygen atoms in total. The van der Waals surface area contributed by atoms with Crippen LogP contribution in [0, 0.1) is 5.92 Å². The number of rotatable bonds is 7. The van der Waals surface area contributed by atoms with E-state index >= 15 is 0 Å². The highest BCUT2D eigenvalue weighted by molar-refractivity contribution is 5.79. The summed E-state index contributed by atoms with van der Waals surface area (Å²) in [5.41, 5.74) is 2.02. The van der Waals surface area contributed by atoms with Gasteiger partial charge in [0.15, 0.2) is 11.6 Å². The molecular formula is C23H26N4O2. The molecule has 150 valence electrons. The second-order valence-corrected chi connectivity index (χ2v) is 7.42. The Balaban J connectivity index is 1.27. The number of aryl methyl sites for hydroxylation is 1. The van der Waals surface area contributed by atoms with Gasteiger partial charge in [-0.1, -0.05) is 30.3 Å². The molecule has 2 aromatic heterocycles. The van der Waals surface area contributed by atoms with Crippen molar-refractivity contribution in [2.75, 3.05) is 24.5 Å². The number of benzene rings is 1. The number of hydrogen-bond donors (Lipinski definition) is 1. The molecule has 0 bridgehead atoms. The van der Waals surface area contributed by atoms with Gasteiger partial charge in [-0.15, -0.1) is 10.2 Å². The number of anilines is 1. The van der Waals surface area contributed by atoms with E-state index in [-0.39, 0.29) is 11.8 Å². The second-order valence-electron chi connectivity index (χ2n) is 7.42. The zero-order chi connectivity index (χ0) is 19.9. The van der Waals surface area contributed by atoms with Crippen molar-refractivity contribution >= 4 is 11.7 Å². The Labute approximate surface area is 170 Å². The van der Waals surface area contributed by atoms with Crippen LogP contribution in [0.3, 0.4) is 0 Å². The Bertz CT molecular complexity index is 894. The van der Waals surface area contributed by atoms with E-state index in [9.17, 15) is 4.79 Å². The number of aromatic nitrogens is 2. The molecule has 6 heteroatoms. The number of piperidine rings is 1. The molecule has 1 aliphatic rings. The molecule has 3 aromatic rings. The van der Waals surface area contributed by atoms with E-state index in [1.807, 2.05) is 30.3 Å². The van der Waals surface area contributed by atoms with Crippen LogP contribution in [-0.2, 0) is 11.2 Å². The van der Waals surface area contributed by atoms with Gasteiger partial charge in [0, 0.05) is 19.6 Å².